The Morgan fingerprint density at radius 1 is 1.03 bits per heavy atom. The molecule has 0 bridgehead atoms. The number of nitrogens with one attached hydrogen (secondary N) is 2. The lowest BCUT2D eigenvalue weighted by Crippen LogP contribution is -2.22. The first kappa shape index (κ1) is 18.4. The van der Waals surface area contributed by atoms with Crippen LogP contribution in [0.15, 0.2) is 60.7 Å². The van der Waals surface area contributed by atoms with E-state index in [0.29, 0.717) is 23.0 Å². The Bertz CT molecular complexity index is 1150. The molecular formula is C21H20N6O2. The molecule has 29 heavy (non-hydrogen) atoms. The van der Waals surface area contributed by atoms with Crippen LogP contribution < -0.4 is 15.4 Å². The molecule has 0 atom stereocenters. The van der Waals surface area contributed by atoms with Crippen LogP contribution >= 0.6 is 0 Å². The highest BCUT2D eigenvalue weighted by Gasteiger charge is 2.08. The molecule has 0 unspecified atom stereocenters. The van der Waals surface area contributed by atoms with Crippen molar-refractivity contribution >= 4 is 23.1 Å². The smallest absolute Gasteiger partial charge is 0.243 e. The first-order valence-corrected chi connectivity index (χ1v) is 9.10. The van der Waals surface area contributed by atoms with Gasteiger partial charge in [-0.15, -0.1) is 15.3 Å². The van der Waals surface area contributed by atoms with Crippen molar-refractivity contribution in [3.8, 4) is 16.9 Å². The van der Waals surface area contributed by atoms with Crippen LogP contribution in [0.1, 0.15) is 5.82 Å². The van der Waals surface area contributed by atoms with Gasteiger partial charge in [0.25, 0.3) is 0 Å². The first-order valence-electron chi connectivity index (χ1n) is 9.10. The van der Waals surface area contributed by atoms with E-state index in [1.54, 1.807) is 23.8 Å². The maximum absolute atomic E-state index is 12.3. The van der Waals surface area contributed by atoms with Gasteiger partial charge in [-0.05, 0) is 42.8 Å². The third-order valence-electron chi connectivity index (χ3n) is 4.44. The Labute approximate surface area is 167 Å². The lowest BCUT2D eigenvalue weighted by atomic mass is 10.0. The molecule has 2 N–H and O–H groups in total. The van der Waals surface area contributed by atoms with Gasteiger partial charge in [-0.3, -0.25) is 4.79 Å². The Kier molecular flexibility index (Phi) is 5.07. The summed E-state index contributed by atoms with van der Waals surface area (Å²) in [6.07, 6.45) is 0. The molecule has 0 spiro atoms. The summed E-state index contributed by atoms with van der Waals surface area (Å²) >= 11 is 0. The fraction of sp³-hybridized carbons (Fsp3) is 0.143. The molecular weight excluding hydrogens is 368 g/mol. The maximum Gasteiger partial charge on any atom is 0.243 e. The second-order valence-electron chi connectivity index (χ2n) is 6.42. The van der Waals surface area contributed by atoms with Crippen molar-refractivity contribution in [2.45, 2.75) is 6.92 Å². The number of hydrogen-bond donors (Lipinski definition) is 2. The average molecular weight is 388 g/mol. The molecule has 4 rings (SSSR count). The van der Waals surface area contributed by atoms with Gasteiger partial charge in [0.15, 0.2) is 11.5 Å². The molecule has 0 fully saturated rings. The van der Waals surface area contributed by atoms with Crippen LogP contribution in [0.25, 0.3) is 16.8 Å². The van der Waals surface area contributed by atoms with Crippen LogP contribution in [0.4, 0.5) is 11.5 Å². The number of anilines is 2. The number of nitrogens with zero attached hydrogens (tertiary/aromatic N) is 4. The van der Waals surface area contributed by atoms with E-state index in [1.807, 2.05) is 55.5 Å². The molecule has 2 heterocycles. The minimum absolute atomic E-state index is 0.0912. The van der Waals surface area contributed by atoms with Gasteiger partial charge in [-0.1, -0.05) is 30.3 Å². The van der Waals surface area contributed by atoms with Gasteiger partial charge in [0.05, 0.1) is 13.7 Å². The molecule has 0 radical (unpaired) electrons. The Morgan fingerprint density at radius 3 is 2.62 bits per heavy atom. The van der Waals surface area contributed by atoms with E-state index < -0.39 is 0 Å². The highest BCUT2D eigenvalue weighted by molar-refractivity contribution is 5.93. The minimum Gasteiger partial charge on any atom is -0.496 e. The van der Waals surface area contributed by atoms with Crippen molar-refractivity contribution in [3.05, 3.63) is 66.5 Å². The van der Waals surface area contributed by atoms with Crippen LogP contribution in [0, 0.1) is 6.92 Å². The summed E-state index contributed by atoms with van der Waals surface area (Å²) in [5.41, 5.74) is 3.39. The Hall–Kier alpha value is -3.94. The van der Waals surface area contributed by atoms with Crippen LogP contribution in [0.2, 0.25) is 0 Å². The molecule has 1 amide bonds. The van der Waals surface area contributed by atoms with Crippen LogP contribution in [-0.4, -0.2) is 39.4 Å². The zero-order valence-corrected chi connectivity index (χ0v) is 16.1. The molecule has 0 aliphatic rings. The lowest BCUT2D eigenvalue weighted by Gasteiger charge is -2.10. The topological polar surface area (TPSA) is 93.4 Å². The summed E-state index contributed by atoms with van der Waals surface area (Å²) in [5, 5.41) is 18.2. The zero-order valence-electron chi connectivity index (χ0n) is 16.1. The SMILES string of the molecule is COc1ccccc1-c1ccc(NC(=O)CNc2ccc3nnc(C)n3n2)cc1. The van der Waals surface area contributed by atoms with Crippen molar-refractivity contribution < 1.29 is 9.53 Å². The number of carbonyl (C=O) groups excluding carboxylic acids is 1. The predicted molar refractivity (Wildman–Crippen MR) is 111 cm³/mol. The lowest BCUT2D eigenvalue weighted by molar-refractivity contribution is -0.114. The molecule has 8 heteroatoms. The van der Waals surface area contributed by atoms with Crippen LogP contribution in [0.3, 0.4) is 0 Å². The number of aryl methyl sites for hydroxylation is 1. The fourth-order valence-electron chi connectivity index (χ4n) is 2.98. The van der Waals surface area contributed by atoms with Crippen molar-refractivity contribution in [1.82, 2.24) is 19.8 Å². The van der Waals surface area contributed by atoms with Crippen molar-refractivity contribution in [3.63, 3.8) is 0 Å². The summed E-state index contributed by atoms with van der Waals surface area (Å²) in [7, 11) is 1.65. The summed E-state index contributed by atoms with van der Waals surface area (Å²) in [6, 6.07) is 19.0. The third kappa shape index (κ3) is 4.01. The standard InChI is InChI=1S/C21H20N6O2/c1-14-24-25-20-12-11-19(26-27(14)20)22-13-21(28)23-16-9-7-15(8-10-16)17-5-3-4-6-18(17)29-2/h3-12H,13H2,1-2H3,(H,22,26)(H,23,28). The van der Waals surface area contributed by atoms with Gasteiger partial charge in [-0.2, -0.15) is 4.52 Å². The number of benzene rings is 2. The third-order valence-corrected chi connectivity index (χ3v) is 4.44. The van der Waals surface area contributed by atoms with E-state index >= 15 is 0 Å². The van der Waals surface area contributed by atoms with Crippen molar-refractivity contribution in [2.75, 3.05) is 24.3 Å². The van der Waals surface area contributed by atoms with E-state index in [4.69, 9.17) is 4.74 Å². The molecule has 0 aliphatic carbocycles. The quantitative estimate of drug-likeness (QED) is 0.527. The fourth-order valence-corrected chi connectivity index (χ4v) is 2.98. The number of amides is 1. The zero-order chi connectivity index (χ0) is 20.2. The molecule has 0 aliphatic heterocycles. The second-order valence-corrected chi connectivity index (χ2v) is 6.42. The Morgan fingerprint density at radius 2 is 1.83 bits per heavy atom. The molecule has 4 aromatic rings. The van der Waals surface area contributed by atoms with E-state index in [-0.39, 0.29) is 12.5 Å². The summed E-state index contributed by atoms with van der Waals surface area (Å²) in [4.78, 5) is 12.3. The normalized spacial score (nSPS) is 10.7. The van der Waals surface area contributed by atoms with E-state index in [1.165, 1.54) is 0 Å². The number of aromatic nitrogens is 4. The monoisotopic (exact) mass is 388 g/mol. The molecule has 0 saturated carbocycles. The number of para-hydroxylation sites is 1. The predicted octanol–water partition coefficient (Wildman–Crippen LogP) is 3.16. The number of carbonyl (C=O) groups is 1. The molecule has 2 aromatic carbocycles. The van der Waals surface area contributed by atoms with E-state index in [2.05, 4.69) is 25.9 Å². The number of fused-ring (bicyclic) bond motifs is 1. The van der Waals surface area contributed by atoms with Gasteiger partial charge in [0.2, 0.25) is 5.91 Å². The van der Waals surface area contributed by atoms with Gasteiger partial charge < -0.3 is 15.4 Å². The highest BCUT2D eigenvalue weighted by Crippen LogP contribution is 2.30. The summed E-state index contributed by atoms with van der Waals surface area (Å²) < 4.78 is 7.03. The van der Waals surface area contributed by atoms with Crippen molar-refractivity contribution in [1.29, 1.82) is 0 Å². The number of rotatable bonds is 6. The number of hydrogen-bond acceptors (Lipinski definition) is 6. The van der Waals surface area contributed by atoms with Gasteiger partial charge in [0, 0.05) is 11.3 Å². The Balaban J connectivity index is 1.38. The summed E-state index contributed by atoms with van der Waals surface area (Å²) in [5.74, 6) is 1.89. The van der Waals surface area contributed by atoms with Crippen molar-refractivity contribution in [2.24, 2.45) is 0 Å². The second kappa shape index (κ2) is 7.97. The van der Waals surface area contributed by atoms with Crippen LogP contribution in [0.5, 0.6) is 5.75 Å². The van der Waals surface area contributed by atoms with Gasteiger partial charge in [0.1, 0.15) is 11.6 Å². The molecule has 2 aromatic heterocycles. The minimum atomic E-state index is -0.169. The maximum atomic E-state index is 12.3. The van der Waals surface area contributed by atoms with Crippen LogP contribution in [-0.2, 0) is 4.79 Å². The average Bonchev–Trinajstić information content (AvgIpc) is 3.13. The number of methoxy groups -OCH3 is 1. The number of ether oxygens (including phenoxy) is 1. The molecule has 0 saturated heterocycles. The van der Waals surface area contributed by atoms with Gasteiger partial charge in [-0.25, -0.2) is 0 Å². The van der Waals surface area contributed by atoms with E-state index in [9.17, 15) is 4.79 Å². The highest BCUT2D eigenvalue weighted by atomic mass is 16.5. The molecule has 146 valence electrons. The summed E-state index contributed by atoms with van der Waals surface area (Å²) in [6.45, 7) is 1.91. The molecule has 8 nitrogen and oxygen atoms in total. The first-order chi connectivity index (χ1) is 14.1. The van der Waals surface area contributed by atoms with E-state index in [0.717, 1.165) is 16.9 Å². The largest absolute Gasteiger partial charge is 0.496 e. The van der Waals surface area contributed by atoms with Gasteiger partial charge >= 0.3 is 0 Å².